The molecule has 216 valence electrons. The van der Waals surface area contributed by atoms with E-state index < -0.39 is 6.04 Å². The number of carbonyl (C=O) groups excluding carboxylic acids is 3. The van der Waals surface area contributed by atoms with Crippen molar-refractivity contribution in [1.29, 1.82) is 0 Å². The van der Waals surface area contributed by atoms with Crippen LogP contribution in [-0.2, 0) is 22.6 Å². The zero-order valence-electron chi connectivity index (χ0n) is 24.7. The summed E-state index contributed by atoms with van der Waals surface area (Å²) in [4.78, 5) is 44.6. The molecule has 0 aliphatic carbocycles. The lowest BCUT2D eigenvalue weighted by Crippen LogP contribution is -2.52. The lowest BCUT2D eigenvalue weighted by atomic mass is 10.0. The lowest BCUT2D eigenvalue weighted by molar-refractivity contribution is -0.141. The Morgan fingerprint density at radius 1 is 0.905 bits per heavy atom. The third kappa shape index (κ3) is 6.23. The summed E-state index contributed by atoms with van der Waals surface area (Å²) in [6.45, 7) is 6.81. The first-order valence-corrected chi connectivity index (χ1v) is 14.9. The van der Waals surface area contributed by atoms with Gasteiger partial charge in [-0.05, 0) is 60.9 Å². The van der Waals surface area contributed by atoms with Gasteiger partial charge in [0.15, 0.2) is 0 Å². The van der Waals surface area contributed by atoms with E-state index in [1.807, 2.05) is 112 Å². The monoisotopic (exact) mass is 561 g/mol. The number of rotatable bonds is 12. The fourth-order valence-corrected chi connectivity index (χ4v) is 5.70. The first-order valence-electron chi connectivity index (χ1n) is 14.9. The molecular weight excluding hydrogens is 522 g/mol. The molecule has 1 aliphatic heterocycles. The first kappa shape index (κ1) is 29.1. The lowest BCUT2D eigenvalue weighted by Gasteiger charge is -2.33. The van der Waals surface area contributed by atoms with E-state index in [4.69, 9.17) is 0 Å². The third-order valence-electron chi connectivity index (χ3n) is 8.30. The van der Waals surface area contributed by atoms with Crippen LogP contribution in [0.1, 0.15) is 60.2 Å². The Labute approximate surface area is 248 Å². The number of carbonyl (C=O) groups is 3. The Morgan fingerprint density at radius 3 is 2.36 bits per heavy atom. The van der Waals surface area contributed by atoms with E-state index >= 15 is 0 Å². The van der Waals surface area contributed by atoms with Crippen molar-refractivity contribution >= 4 is 34.2 Å². The molecule has 2 unspecified atom stereocenters. The number of benzene rings is 4. The van der Waals surface area contributed by atoms with Gasteiger partial charge < -0.3 is 15.1 Å². The van der Waals surface area contributed by atoms with E-state index in [2.05, 4.69) is 5.32 Å². The maximum absolute atomic E-state index is 14.1. The highest BCUT2D eigenvalue weighted by Gasteiger charge is 2.32. The van der Waals surface area contributed by atoms with Crippen LogP contribution < -0.4 is 10.2 Å². The highest BCUT2D eigenvalue weighted by molar-refractivity contribution is 6.25. The third-order valence-corrected chi connectivity index (χ3v) is 8.30. The van der Waals surface area contributed by atoms with Gasteiger partial charge in [-0.25, -0.2) is 0 Å². The number of hydrogen-bond donors (Lipinski definition) is 1. The molecule has 0 bridgehead atoms. The maximum atomic E-state index is 14.1. The van der Waals surface area contributed by atoms with Crippen LogP contribution >= 0.6 is 0 Å². The fraction of sp³-hybridized carbons (Fsp3) is 0.306. The fourth-order valence-electron chi connectivity index (χ4n) is 5.70. The second-order valence-corrected chi connectivity index (χ2v) is 11.2. The molecule has 42 heavy (non-hydrogen) atoms. The predicted molar refractivity (Wildman–Crippen MR) is 168 cm³/mol. The summed E-state index contributed by atoms with van der Waals surface area (Å²) in [6, 6.07) is 28.9. The molecule has 1 heterocycles. The van der Waals surface area contributed by atoms with E-state index in [9.17, 15) is 14.4 Å². The molecule has 0 radical (unpaired) electrons. The molecule has 2 atom stereocenters. The normalized spacial score (nSPS) is 13.7. The van der Waals surface area contributed by atoms with Crippen molar-refractivity contribution in [3.05, 3.63) is 113 Å². The van der Waals surface area contributed by atoms with Crippen LogP contribution in [0.2, 0.25) is 0 Å². The van der Waals surface area contributed by atoms with E-state index in [0.717, 1.165) is 39.6 Å². The van der Waals surface area contributed by atoms with E-state index in [1.165, 1.54) is 0 Å². The number of aryl methyl sites for hydroxylation is 1. The van der Waals surface area contributed by atoms with Gasteiger partial charge in [0.1, 0.15) is 6.04 Å². The van der Waals surface area contributed by atoms with E-state index in [0.29, 0.717) is 31.5 Å². The Hall–Kier alpha value is -4.45. The quantitative estimate of drug-likeness (QED) is 0.216. The second kappa shape index (κ2) is 13.0. The molecule has 1 aliphatic rings. The van der Waals surface area contributed by atoms with Gasteiger partial charge in [0.05, 0.1) is 5.69 Å². The number of amides is 3. The van der Waals surface area contributed by atoms with E-state index in [-0.39, 0.29) is 30.2 Å². The zero-order chi connectivity index (χ0) is 29.6. The molecule has 0 spiro atoms. The molecule has 1 N–H and O–H groups in total. The Bertz CT molecular complexity index is 1580. The average molecular weight is 562 g/mol. The van der Waals surface area contributed by atoms with Crippen molar-refractivity contribution < 1.29 is 14.4 Å². The summed E-state index contributed by atoms with van der Waals surface area (Å²) in [6.07, 6.45) is 1.94. The van der Waals surface area contributed by atoms with Crippen molar-refractivity contribution in [2.45, 2.75) is 65.1 Å². The average Bonchev–Trinajstić information content (AvgIpc) is 3.28. The van der Waals surface area contributed by atoms with Gasteiger partial charge in [-0.15, -0.1) is 0 Å². The molecule has 0 aromatic heterocycles. The Kier molecular flexibility index (Phi) is 9.01. The summed E-state index contributed by atoms with van der Waals surface area (Å²) in [7, 11) is 0. The maximum Gasteiger partial charge on any atom is 0.258 e. The highest BCUT2D eigenvalue weighted by Crippen LogP contribution is 2.37. The van der Waals surface area contributed by atoms with Gasteiger partial charge in [0.2, 0.25) is 11.8 Å². The van der Waals surface area contributed by atoms with Gasteiger partial charge in [-0.1, -0.05) is 85.8 Å². The number of hydrogen-bond acceptors (Lipinski definition) is 3. The Balaban J connectivity index is 1.38. The van der Waals surface area contributed by atoms with Crippen LogP contribution in [0.3, 0.4) is 0 Å². The first-order chi connectivity index (χ1) is 20.4. The zero-order valence-corrected chi connectivity index (χ0v) is 24.7. The molecule has 3 amide bonds. The number of anilines is 1. The molecule has 0 fully saturated rings. The minimum Gasteiger partial charge on any atom is -0.352 e. The molecule has 6 heteroatoms. The van der Waals surface area contributed by atoms with E-state index in [1.54, 1.807) is 9.80 Å². The minimum absolute atomic E-state index is 0.00305. The van der Waals surface area contributed by atoms with Crippen LogP contribution in [-0.4, -0.2) is 41.2 Å². The van der Waals surface area contributed by atoms with Crippen molar-refractivity contribution in [1.82, 2.24) is 10.2 Å². The largest absolute Gasteiger partial charge is 0.352 e. The highest BCUT2D eigenvalue weighted by atomic mass is 16.2. The van der Waals surface area contributed by atoms with Crippen molar-refractivity contribution in [3.8, 4) is 0 Å². The summed E-state index contributed by atoms with van der Waals surface area (Å²) in [5.74, 6) is -0.270. The standard InChI is InChI=1S/C36H39N3O3/c1-4-26(3)37-35(41)32(23-27-14-6-5-7-15-27)39(24-29-16-9-8-13-25(29)2)33(40)21-12-22-38-31-20-11-18-28-17-10-19-30(34(28)31)36(38)42/h5-11,13-20,26,32H,4,12,21-24H2,1-3H3,(H,37,41). The summed E-state index contributed by atoms with van der Waals surface area (Å²) in [5, 5.41) is 5.14. The predicted octanol–water partition coefficient (Wildman–Crippen LogP) is 6.44. The smallest absolute Gasteiger partial charge is 0.258 e. The van der Waals surface area contributed by atoms with Crippen molar-refractivity contribution in [2.24, 2.45) is 0 Å². The summed E-state index contributed by atoms with van der Waals surface area (Å²) < 4.78 is 0. The molecule has 5 rings (SSSR count). The van der Waals surface area contributed by atoms with Crippen LogP contribution in [0.5, 0.6) is 0 Å². The molecule has 0 saturated heterocycles. The second-order valence-electron chi connectivity index (χ2n) is 11.2. The van der Waals surface area contributed by atoms with Crippen molar-refractivity contribution in [2.75, 3.05) is 11.4 Å². The van der Waals surface area contributed by atoms with Crippen LogP contribution in [0.25, 0.3) is 10.8 Å². The van der Waals surface area contributed by atoms with Gasteiger partial charge in [-0.2, -0.15) is 0 Å². The van der Waals surface area contributed by atoms with Crippen LogP contribution in [0.4, 0.5) is 5.69 Å². The molecule has 4 aromatic carbocycles. The Morgan fingerprint density at radius 2 is 1.62 bits per heavy atom. The van der Waals surface area contributed by atoms with Gasteiger partial charge in [-0.3, -0.25) is 14.4 Å². The topological polar surface area (TPSA) is 69.7 Å². The molecule has 4 aromatic rings. The van der Waals surface area contributed by atoms with Crippen LogP contribution in [0.15, 0.2) is 91.0 Å². The SMILES string of the molecule is CCC(C)NC(=O)C(Cc1ccccc1)N(Cc1ccccc1C)C(=O)CCCN1C(=O)c2cccc3cccc1c23. The summed E-state index contributed by atoms with van der Waals surface area (Å²) >= 11 is 0. The van der Waals surface area contributed by atoms with Crippen LogP contribution in [0, 0.1) is 6.92 Å². The molecule has 0 saturated carbocycles. The van der Waals surface area contributed by atoms with Crippen molar-refractivity contribution in [3.63, 3.8) is 0 Å². The van der Waals surface area contributed by atoms with Gasteiger partial charge in [0.25, 0.3) is 5.91 Å². The molecule has 6 nitrogen and oxygen atoms in total. The molecular formula is C36H39N3O3. The van der Waals surface area contributed by atoms with Gasteiger partial charge in [0, 0.05) is 42.9 Å². The number of nitrogens with zero attached hydrogens (tertiary/aromatic N) is 2. The summed E-state index contributed by atoms with van der Waals surface area (Å²) in [5.41, 5.74) is 4.69. The minimum atomic E-state index is -0.667. The van der Waals surface area contributed by atoms with Gasteiger partial charge >= 0.3 is 0 Å². The number of nitrogens with one attached hydrogen (secondary N) is 1.